The summed E-state index contributed by atoms with van der Waals surface area (Å²) in [6.07, 6.45) is 1.44. The van der Waals surface area contributed by atoms with E-state index in [1.54, 1.807) is 12.1 Å². The Morgan fingerprint density at radius 1 is 1.24 bits per heavy atom. The fourth-order valence-corrected chi connectivity index (χ4v) is 1.78. The predicted octanol–water partition coefficient (Wildman–Crippen LogP) is 3.99. The molecule has 0 saturated carbocycles. The summed E-state index contributed by atoms with van der Waals surface area (Å²) in [6.45, 7) is -3.17. The van der Waals surface area contributed by atoms with E-state index >= 15 is 0 Å². The minimum Gasteiger partial charge on any atom is -0.456 e. The summed E-state index contributed by atoms with van der Waals surface area (Å²) >= 11 is 2.01. The molecule has 1 aromatic carbocycles. The van der Waals surface area contributed by atoms with Crippen molar-refractivity contribution in [2.24, 2.45) is 0 Å². The summed E-state index contributed by atoms with van der Waals surface area (Å²) in [4.78, 5) is 13.9. The number of nitro benzene ring substituents is 1. The van der Waals surface area contributed by atoms with Gasteiger partial charge >= 0.3 is 12.3 Å². The maximum Gasteiger partial charge on any atom is 0.387 e. The lowest BCUT2D eigenvalue weighted by Gasteiger charge is -2.09. The molecule has 9 heteroatoms. The largest absolute Gasteiger partial charge is 0.456 e. The molecule has 0 aliphatic carbocycles. The number of ether oxygens (including phenoxy) is 2. The van der Waals surface area contributed by atoms with Crippen molar-refractivity contribution < 1.29 is 23.2 Å². The fraction of sp³-hybridized carbons (Fsp3) is 0.0833. The molecule has 21 heavy (non-hydrogen) atoms. The van der Waals surface area contributed by atoms with Gasteiger partial charge in [0.2, 0.25) is 5.75 Å². The van der Waals surface area contributed by atoms with Gasteiger partial charge in [0.05, 0.1) is 11.1 Å². The van der Waals surface area contributed by atoms with Crippen LogP contribution in [0.4, 0.5) is 14.5 Å². The summed E-state index contributed by atoms with van der Waals surface area (Å²) in [5.74, 6) is -0.0718. The lowest BCUT2D eigenvalue weighted by molar-refractivity contribution is -0.386. The second kappa shape index (κ2) is 6.61. The fourth-order valence-electron chi connectivity index (χ4n) is 1.46. The molecule has 1 aromatic heterocycles. The number of benzene rings is 1. The highest BCUT2D eigenvalue weighted by Crippen LogP contribution is 2.34. The van der Waals surface area contributed by atoms with Crippen molar-refractivity contribution in [2.75, 3.05) is 0 Å². The number of aromatic nitrogens is 1. The molecule has 2 rings (SSSR count). The van der Waals surface area contributed by atoms with E-state index in [2.05, 4.69) is 9.72 Å². The van der Waals surface area contributed by atoms with E-state index in [-0.39, 0.29) is 5.75 Å². The lowest BCUT2D eigenvalue weighted by Crippen LogP contribution is -2.04. The lowest BCUT2D eigenvalue weighted by atomic mass is 10.3. The van der Waals surface area contributed by atoms with Gasteiger partial charge in [0, 0.05) is 12.1 Å². The molecule has 0 aliphatic heterocycles. The van der Waals surface area contributed by atoms with Crippen LogP contribution in [0.5, 0.6) is 17.2 Å². The maximum atomic E-state index is 12.3. The van der Waals surface area contributed by atoms with Crippen LogP contribution in [-0.4, -0.2) is 16.5 Å². The zero-order valence-electron chi connectivity index (χ0n) is 10.2. The molecule has 0 bridgehead atoms. The Kier molecular flexibility index (Phi) is 4.83. The van der Waals surface area contributed by atoms with E-state index in [0.29, 0.717) is 5.75 Å². The first-order valence-electron chi connectivity index (χ1n) is 5.48. The predicted molar refractivity (Wildman–Crippen MR) is 76.8 cm³/mol. The van der Waals surface area contributed by atoms with Gasteiger partial charge in [-0.3, -0.25) is 10.1 Å². The Morgan fingerprint density at radius 3 is 2.52 bits per heavy atom. The number of pyridine rings is 1. The van der Waals surface area contributed by atoms with Crippen LogP contribution in [0, 0.1) is 13.8 Å². The van der Waals surface area contributed by atoms with E-state index in [1.165, 1.54) is 12.3 Å². The molecule has 0 N–H and O–H groups in total. The first-order chi connectivity index (χ1) is 9.95. The molecule has 0 spiro atoms. The molecule has 110 valence electrons. The van der Waals surface area contributed by atoms with E-state index < -0.39 is 23.0 Å². The zero-order valence-corrected chi connectivity index (χ0v) is 12.4. The first-order valence-corrected chi connectivity index (χ1v) is 6.56. The second-order valence-corrected chi connectivity index (χ2v) is 4.79. The zero-order chi connectivity index (χ0) is 15.4. The SMILES string of the molecule is O=[N+]([O-])c1ccc(Oc2ccc(I)nc2)cc1OC(F)F. The first kappa shape index (κ1) is 15.4. The Morgan fingerprint density at radius 2 is 1.95 bits per heavy atom. The van der Waals surface area contributed by atoms with Gasteiger partial charge < -0.3 is 9.47 Å². The standard InChI is InChI=1S/C12H7F2IN2O4/c13-12(14)21-10-5-7(1-3-9(10)17(18)19)20-8-2-4-11(15)16-6-8/h1-6,12H. The Bertz CT molecular complexity index is 652. The highest BCUT2D eigenvalue weighted by Gasteiger charge is 2.19. The van der Waals surface area contributed by atoms with Crippen molar-refractivity contribution in [3.05, 3.63) is 50.3 Å². The summed E-state index contributed by atoms with van der Waals surface area (Å²) in [6, 6.07) is 6.67. The van der Waals surface area contributed by atoms with E-state index in [1.807, 2.05) is 22.6 Å². The van der Waals surface area contributed by atoms with Gasteiger partial charge in [0.25, 0.3) is 0 Å². The van der Waals surface area contributed by atoms with Gasteiger partial charge in [0.15, 0.2) is 0 Å². The van der Waals surface area contributed by atoms with Gasteiger partial charge in [-0.2, -0.15) is 8.78 Å². The quantitative estimate of drug-likeness (QED) is 0.324. The van der Waals surface area contributed by atoms with Crippen molar-refractivity contribution in [3.8, 4) is 17.2 Å². The van der Waals surface area contributed by atoms with Crippen molar-refractivity contribution in [2.45, 2.75) is 6.61 Å². The number of alkyl halides is 2. The highest BCUT2D eigenvalue weighted by atomic mass is 127. The average Bonchev–Trinajstić information content (AvgIpc) is 2.40. The molecule has 0 amide bonds. The number of rotatable bonds is 5. The van der Waals surface area contributed by atoms with E-state index in [0.717, 1.165) is 15.8 Å². The van der Waals surface area contributed by atoms with E-state index in [4.69, 9.17) is 4.74 Å². The number of hydrogen-bond acceptors (Lipinski definition) is 5. The summed E-state index contributed by atoms with van der Waals surface area (Å²) in [5.41, 5.74) is -0.566. The normalized spacial score (nSPS) is 10.5. The van der Waals surface area contributed by atoms with Crippen molar-refractivity contribution >= 4 is 28.3 Å². The van der Waals surface area contributed by atoms with Crippen LogP contribution in [-0.2, 0) is 0 Å². The minimum atomic E-state index is -3.17. The molecular formula is C12H7F2IN2O4. The molecular weight excluding hydrogens is 401 g/mol. The van der Waals surface area contributed by atoms with Crippen LogP contribution in [0.15, 0.2) is 36.5 Å². The molecule has 0 fully saturated rings. The van der Waals surface area contributed by atoms with Crippen LogP contribution in [0.25, 0.3) is 0 Å². The Hall–Kier alpha value is -2.04. The number of hydrogen-bond donors (Lipinski definition) is 0. The highest BCUT2D eigenvalue weighted by molar-refractivity contribution is 14.1. The molecule has 2 aromatic rings. The van der Waals surface area contributed by atoms with Crippen LogP contribution in [0.2, 0.25) is 0 Å². The van der Waals surface area contributed by atoms with Crippen LogP contribution in [0.1, 0.15) is 0 Å². The average molecular weight is 408 g/mol. The summed E-state index contributed by atoms with van der Waals surface area (Å²) in [5, 5.41) is 10.7. The van der Waals surface area contributed by atoms with Gasteiger partial charge in [-0.1, -0.05) is 0 Å². The molecule has 0 saturated heterocycles. The van der Waals surface area contributed by atoms with Crippen LogP contribution >= 0.6 is 22.6 Å². The number of nitro groups is 1. The third-order valence-corrected chi connectivity index (χ3v) is 2.92. The topological polar surface area (TPSA) is 74.5 Å². The molecule has 0 unspecified atom stereocenters. The van der Waals surface area contributed by atoms with Crippen LogP contribution in [0.3, 0.4) is 0 Å². The summed E-state index contributed by atoms with van der Waals surface area (Å²) in [7, 11) is 0. The third-order valence-electron chi connectivity index (χ3n) is 2.28. The smallest absolute Gasteiger partial charge is 0.387 e. The second-order valence-electron chi connectivity index (χ2n) is 3.68. The third kappa shape index (κ3) is 4.21. The van der Waals surface area contributed by atoms with Gasteiger partial charge in [-0.05, 0) is 40.8 Å². The van der Waals surface area contributed by atoms with Crippen molar-refractivity contribution in [3.63, 3.8) is 0 Å². The Labute approximate surface area is 131 Å². The molecule has 0 radical (unpaired) electrons. The maximum absolute atomic E-state index is 12.3. The van der Waals surface area contributed by atoms with Gasteiger partial charge in [-0.15, -0.1) is 0 Å². The molecule has 6 nitrogen and oxygen atoms in total. The molecule has 0 aliphatic rings. The minimum absolute atomic E-state index is 0.124. The molecule has 0 atom stereocenters. The van der Waals surface area contributed by atoms with E-state index in [9.17, 15) is 18.9 Å². The van der Waals surface area contributed by atoms with Crippen LogP contribution < -0.4 is 9.47 Å². The van der Waals surface area contributed by atoms with Gasteiger partial charge in [-0.25, -0.2) is 4.98 Å². The molecule has 1 heterocycles. The van der Waals surface area contributed by atoms with Crippen molar-refractivity contribution in [1.82, 2.24) is 4.98 Å². The van der Waals surface area contributed by atoms with Crippen molar-refractivity contribution in [1.29, 1.82) is 0 Å². The number of nitrogens with zero attached hydrogens (tertiary/aromatic N) is 2. The van der Waals surface area contributed by atoms with Gasteiger partial charge in [0.1, 0.15) is 15.2 Å². The monoisotopic (exact) mass is 408 g/mol. The summed E-state index contributed by atoms with van der Waals surface area (Å²) < 4.78 is 34.8. The number of halogens is 3. The Balaban J connectivity index is 2.28.